The second-order valence-corrected chi connectivity index (χ2v) is 7.51. The lowest BCUT2D eigenvalue weighted by molar-refractivity contribution is -0.156. The average Bonchev–Trinajstić information content (AvgIpc) is 3.00. The quantitative estimate of drug-likeness (QED) is 0.840. The van der Waals surface area contributed by atoms with E-state index in [1.807, 2.05) is 29.7 Å². The van der Waals surface area contributed by atoms with E-state index < -0.39 is 5.54 Å². The summed E-state index contributed by atoms with van der Waals surface area (Å²) in [7, 11) is 0. The summed E-state index contributed by atoms with van der Waals surface area (Å²) in [5.41, 5.74) is 0.182. The number of amides is 2. The molecule has 0 saturated carbocycles. The molecule has 0 bridgehead atoms. The van der Waals surface area contributed by atoms with Gasteiger partial charge in [-0.05, 0) is 63.6 Å². The molecule has 1 atom stereocenters. The van der Waals surface area contributed by atoms with Gasteiger partial charge in [0, 0.05) is 25.6 Å². The summed E-state index contributed by atoms with van der Waals surface area (Å²) >= 11 is 0. The van der Waals surface area contributed by atoms with Crippen molar-refractivity contribution in [2.75, 3.05) is 13.1 Å². The maximum atomic E-state index is 13.3. The van der Waals surface area contributed by atoms with Crippen molar-refractivity contribution in [2.45, 2.75) is 64.0 Å². The molecule has 2 heterocycles. The highest BCUT2D eigenvalue weighted by Crippen LogP contribution is 2.39. The minimum absolute atomic E-state index is 0.0146. The number of likely N-dealkylation sites (tertiary alicyclic amines) is 2. The largest absolute Gasteiger partial charge is 0.338 e. The van der Waals surface area contributed by atoms with Crippen LogP contribution in [0.2, 0.25) is 0 Å². The third-order valence-corrected chi connectivity index (χ3v) is 5.58. The van der Waals surface area contributed by atoms with Crippen molar-refractivity contribution in [2.24, 2.45) is 0 Å². The average molecular weight is 346 g/mol. The molecule has 0 aliphatic carbocycles. The van der Waals surface area contributed by atoms with Gasteiger partial charge in [0.05, 0.1) is 0 Å². The number of rotatable bonds is 4. The second-order valence-electron chi connectivity index (χ2n) is 7.51. The molecular weight excluding hydrogens is 319 g/mol. The summed E-state index contributed by atoms with van der Waals surface area (Å²) < 4.78 is 13.3. The zero-order valence-electron chi connectivity index (χ0n) is 15.1. The Morgan fingerprint density at radius 3 is 2.64 bits per heavy atom. The van der Waals surface area contributed by atoms with Crippen molar-refractivity contribution in [1.29, 1.82) is 0 Å². The van der Waals surface area contributed by atoms with Gasteiger partial charge in [-0.1, -0.05) is 12.1 Å². The molecule has 2 fully saturated rings. The van der Waals surface area contributed by atoms with E-state index in [1.165, 1.54) is 12.1 Å². The van der Waals surface area contributed by atoms with Gasteiger partial charge in [0.2, 0.25) is 11.8 Å². The Morgan fingerprint density at radius 2 is 1.96 bits per heavy atom. The van der Waals surface area contributed by atoms with E-state index in [-0.39, 0.29) is 23.7 Å². The Balaban J connectivity index is 1.72. The zero-order valence-corrected chi connectivity index (χ0v) is 15.1. The lowest BCUT2D eigenvalue weighted by Gasteiger charge is -2.46. The number of benzene rings is 1. The van der Waals surface area contributed by atoms with Crippen LogP contribution in [-0.2, 0) is 16.0 Å². The lowest BCUT2D eigenvalue weighted by Crippen LogP contribution is -2.62. The smallest absolute Gasteiger partial charge is 0.248 e. The van der Waals surface area contributed by atoms with Gasteiger partial charge >= 0.3 is 0 Å². The SMILES string of the molecule is CC(C)N1CCCC2(CCCN2C(=O)CCc2cccc(F)c2)C1=O. The molecule has 2 aliphatic rings. The van der Waals surface area contributed by atoms with Crippen LogP contribution in [0.1, 0.15) is 51.5 Å². The Hall–Kier alpha value is -1.91. The molecule has 2 aliphatic heterocycles. The van der Waals surface area contributed by atoms with Gasteiger partial charge in [0.1, 0.15) is 11.4 Å². The Kier molecular flexibility index (Phi) is 5.11. The number of aryl methyl sites for hydroxylation is 1. The van der Waals surface area contributed by atoms with Crippen LogP contribution in [0.15, 0.2) is 24.3 Å². The summed E-state index contributed by atoms with van der Waals surface area (Å²) in [6.07, 6.45) is 4.17. The molecule has 3 rings (SSSR count). The first kappa shape index (κ1) is 17.9. The molecule has 136 valence electrons. The number of carbonyl (C=O) groups excluding carboxylic acids is 2. The molecule has 4 nitrogen and oxygen atoms in total. The molecule has 2 amide bonds. The standard InChI is InChI=1S/C20H27FN2O2/c1-15(2)22-12-4-10-20(19(22)25)11-5-13-23(20)18(24)9-8-16-6-3-7-17(21)14-16/h3,6-7,14-15H,4-5,8-13H2,1-2H3. The fourth-order valence-electron chi connectivity index (χ4n) is 4.31. The van der Waals surface area contributed by atoms with Crippen molar-refractivity contribution in [1.82, 2.24) is 9.80 Å². The first-order chi connectivity index (χ1) is 11.9. The van der Waals surface area contributed by atoms with E-state index >= 15 is 0 Å². The van der Waals surface area contributed by atoms with Crippen LogP contribution in [0.25, 0.3) is 0 Å². The van der Waals surface area contributed by atoms with Gasteiger partial charge in [-0.3, -0.25) is 9.59 Å². The van der Waals surface area contributed by atoms with E-state index in [2.05, 4.69) is 0 Å². The van der Waals surface area contributed by atoms with E-state index in [0.29, 0.717) is 19.4 Å². The van der Waals surface area contributed by atoms with Crippen LogP contribution in [0, 0.1) is 5.82 Å². The number of nitrogens with zero attached hydrogens (tertiary/aromatic N) is 2. The van der Waals surface area contributed by atoms with E-state index in [1.54, 1.807) is 6.07 Å². The molecule has 1 unspecified atom stereocenters. The maximum Gasteiger partial charge on any atom is 0.248 e. The molecule has 1 aromatic carbocycles. The summed E-state index contributed by atoms with van der Waals surface area (Å²) in [5.74, 6) is -0.149. The molecule has 0 aromatic heterocycles. The zero-order chi connectivity index (χ0) is 18.0. The van der Waals surface area contributed by atoms with E-state index in [0.717, 1.165) is 37.8 Å². The van der Waals surface area contributed by atoms with Gasteiger partial charge in [-0.2, -0.15) is 0 Å². The molecule has 1 spiro atoms. The Labute approximate surface area is 149 Å². The van der Waals surface area contributed by atoms with E-state index in [9.17, 15) is 14.0 Å². The fourth-order valence-corrected chi connectivity index (χ4v) is 4.31. The summed E-state index contributed by atoms with van der Waals surface area (Å²) in [6, 6.07) is 6.54. The summed E-state index contributed by atoms with van der Waals surface area (Å²) in [5, 5.41) is 0. The monoisotopic (exact) mass is 346 g/mol. The van der Waals surface area contributed by atoms with Crippen LogP contribution in [-0.4, -0.2) is 46.3 Å². The van der Waals surface area contributed by atoms with Crippen molar-refractivity contribution < 1.29 is 14.0 Å². The highest BCUT2D eigenvalue weighted by Gasteiger charge is 2.52. The van der Waals surface area contributed by atoms with Crippen LogP contribution < -0.4 is 0 Å². The van der Waals surface area contributed by atoms with E-state index in [4.69, 9.17) is 0 Å². The van der Waals surface area contributed by atoms with Crippen LogP contribution in [0.3, 0.4) is 0 Å². The summed E-state index contributed by atoms with van der Waals surface area (Å²) in [6.45, 7) is 5.49. The van der Waals surface area contributed by atoms with Crippen molar-refractivity contribution in [3.63, 3.8) is 0 Å². The maximum absolute atomic E-state index is 13.3. The molecule has 0 N–H and O–H groups in total. The Bertz CT molecular complexity index is 661. The van der Waals surface area contributed by atoms with Gasteiger partial charge in [-0.15, -0.1) is 0 Å². The molecular formula is C20H27FN2O2. The number of hydrogen-bond acceptors (Lipinski definition) is 2. The minimum atomic E-state index is -0.637. The predicted octanol–water partition coefficient (Wildman–Crippen LogP) is 3.15. The lowest BCUT2D eigenvalue weighted by atomic mass is 9.84. The van der Waals surface area contributed by atoms with Gasteiger partial charge in [0.25, 0.3) is 0 Å². The second kappa shape index (κ2) is 7.14. The molecule has 0 radical (unpaired) electrons. The van der Waals surface area contributed by atoms with Crippen LogP contribution in [0.5, 0.6) is 0 Å². The minimum Gasteiger partial charge on any atom is -0.338 e. The predicted molar refractivity (Wildman–Crippen MR) is 94.5 cm³/mol. The number of carbonyl (C=O) groups is 2. The molecule has 25 heavy (non-hydrogen) atoms. The molecule has 1 aromatic rings. The fraction of sp³-hybridized carbons (Fsp3) is 0.600. The highest BCUT2D eigenvalue weighted by molar-refractivity contribution is 5.93. The third-order valence-electron chi connectivity index (χ3n) is 5.58. The molecule has 2 saturated heterocycles. The normalized spacial score (nSPS) is 23.8. The van der Waals surface area contributed by atoms with Crippen LogP contribution >= 0.6 is 0 Å². The number of piperidine rings is 1. The summed E-state index contributed by atoms with van der Waals surface area (Å²) in [4.78, 5) is 29.7. The van der Waals surface area contributed by atoms with Gasteiger partial charge in [0.15, 0.2) is 0 Å². The van der Waals surface area contributed by atoms with Crippen LogP contribution in [0.4, 0.5) is 4.39 Å². The Morgan fingerprint density at radius 1 is 1.24 bits per heavy atom. The topological polar surface area (TPSA) is 40.6 Å². The third kappa shape index (κ3) is 3.42. The van der Waals surface area contributed by atoms with Gasteiger partial charge in [-0.25, -0.2) is 4.39 Å². The van der Waals surface area contributed by atoms with Crippen molar-refractivity contribution in [3.8, 4) is 0 Å². The highest BCUT2D eigenvalue weighted by atomic mass is 19.1. The molecule has 5 heteroatoms. The van der Waals surface area contributed by atoms with Gasteiger partial charge < -0.3 is 9.80 Å². The first-order valence-corrected chi connectivity index (χ1v) is 9.30. The first-order valence-electron chi connectivity index (χ1n) is 9.30. The number of halogens is 1. The van der Waals surface area contributed by atoms with Crippen molar-refractivity contribution >= 4 is 11.8 Å². The number of hydrogen-bond donors (Lipinski definition) is 0. The van der Waals surface area contributed by atoms with Crippen molar-refractivity contribution in [3.05, 3.63) is 35.6 Å².